The normalized spacial score (nSPS) is 25.3. The molecule has 1 aliphatic carbocycles. The van der Waals surface area contributed by atoms with Crippen molar-refractivity contribution in [2.75, 3.05) is 13.1 Å². The fraction of sp³-hybridized carbons (Fsp3) is 0.786. The average Bonchev–Trinajstić information content (AvgIpc) is 2.98. The largest absolute Gasteiger partial charge is 0.480 e. The summed E-state index contributed by atoms with van der Waals surface area (Å²) in [6.07, 6.45) is 7.18. The van der Waals surface area contributed by atoms with E-state index < -0.39 is 22.2 Å². The van der Waals surface area contributed by atoms with Crippen LogP contribution >= 0.6 is 0 Å². The van der Waals surface area contributed by atoms with E-state index in [-0.39, 0.29) is 12.6 Å². The lowest BCUT2D eigenvalue weighted by Gasteiger charge is -2.37. The molecule has 0 radical (unpaired) electrons. The minimum Gasteiger partial charge on any atom is -0.480 e. The van der Waals surface area contributed by atoms with Gasteiger partial charge in [-0.15, -0.1) is 6.58 Å². The van der Waals surface area contributed by atoms with Crippen molar-refractivity contribution in [2.45, 2.75) is 57.0 Å². The van der Waals surface area contributed by atoms with Gasteiger partial charge in [0, 0.05) is 19.1 Å². The van der Waals surface area contributed by atoms with Gasteiger partial charge in [0.15, 0.2) is 0 Å². The van der Waals surface area contributed by atoms with Crippen LogP contribution in [0.5, 0.6) is 0 Å². The maximum Gasteiger partial charge on any atom is 0.322 e. The zero-order valence-corrected chi connectivity index (χ0v) is 13.1. The van der Waals surface area contributed by atoms with Gasteiger partial charge in [0.1, 0.15) is 6.04 Å². The van der Waals surface area contributed by atoms with Gasteiger partial charge >= 0.3 is 5.97 Å². The molecule has 120 valence electrons. The highest BCUT2D eigenvalue weighted by Crippen LogP contribution is 2.30. The molecule has 0 aromatic heterocycles. The molecule has 21 heavy (non-hydrogen) atoms. The number of nitrogens with zero attached hydrogens (tertiary/aromatic N) is 2. The van der Waals surface area contributed by atoms with E-state index in [9.17, 15) is 18.3 Å². The second kappa shape index (κ2) is 6.89. The molecule has 1 N–H and O–H groups in total. The minimum absolute atomic E-state index is 0.0237. The first-order valence-electron chi connectivity index (χ1n) is 7.60. The number of carboxylic acid groups (broad SMARTS) is 1. The summed E-state index contributed by atoms with van der Waals surface area (Å²) in [7, 11) is -3.75. The van der Waals surface area contributed by atoms with Gasteiger partial charge < -0.3 is 5.11 Å². The summed E-state index contributed by atoms with van der Waals surface area (Å²) in [6.45, 7) is 4.18. The Morgan fingerprint density at radius 3 is 2.43 bits per heavy atom. The Labute approximate surface area is 126 Å². The molecule has 2 fully saturated rings. The summed E-state index contributed by atoms with van der Waals surface area (Å²) in [4.78, 5) is 11.4. The lowest BCUT2D eigenvalue weighted by Crippen LogP contribution is -2.55. The predicted octanol–water partition coefficient (Wildman–Crippen LogP) is 1.60. The maximum atomic E-state index is 12.9. The fourth-order valence-electron chi connectivity index (χ4n) is 3.31. The lowest BCUT2D eigenvalue weighted by atomic mass is 10.1. The molecule has 2 aliphatic rings. The minimum atomic E-state index is -3.75. The van der Waals surface area contributed by atoms with E-state index >= 15 is 0 Å². The van der Waals surface area contributed by atoms with Gasteiger partial charge in [-0.25, -0.2) is 0 Å². The van der Waals surface area contributed by atoms with Crippen molar-refractivity contribution in [1.82, 2.24) is 8.61 Å². The van der Waals surface area contributed by atoms with Crippen LogP contribution in [0.2, 0.25) is 0 Å². The summed E-state index contributed by atoms with van der Waals surface area (Å²) in [5, 5.41) is 9.30. The molecule has 1 heterocycles. The summed E-state index contributed by atoms with van der Waals surface area (Å²) in [5.74, 6) is -1.05. The molecule has 0 amide bonds. The molecule has 1 aliphatic heterocycles. The first kappa shape index (κ1) is 16.5. The molecule has 1 atom stereocenters. The van der Waals surface area contributed by atoms with Crippen LogP contribution in [0.4, 0.5) is 0 Å². The Morgan fingerprint density at radius 2 is 1.86 bits per heavy atom. The standard InChI is InChI=1S/C14H24N2O4S/c1-2-10-15(12-7-3-4-8-12)21(19,20)16-11-6-5-9-13(16)14(17)18/h2,12-13H,1,3-11H2,(H,17,18). The maximum absolute atomic E-state index is 12.9. The summed E-state index contributed by atoms with van der Waals surface area (Å²) >= 11 is 0. The Bertz CT molecular complexity index is 477. The van der Waals surface area contributed by atoms with Crippen LogP contribution in [-0.4, -0.2) is 53.3 Å². The third kappa shape index (κ3) is 3.46. The lowest BCUT2D eigenvalue weighted by molar-refractivity contribution is -0.142. The van der Waals surface area contributed by atoms with Crippen LogP contribution in [0.15, 0.2) is 12.7 Å². The van der Waals surface area contributed by atoms with Crippen LogP contribution in [-0.2, 0) is 15.0 Å². The molecule has 0 aromatic carbocycles. The fourth-order valence-corrected chi connectivity index (χ4v) is 5.34. The Hall–Kier alpha value is -0.920. The van der Waals surface area contributed by atoms with Crippen molar-refractivity contribution in [1.29, 1.82) is 0 Å². The average molecular weight is 316 g/mol. The molecule has 2 rings (SSSR count). The van der Waals surface area contributed by atoms with E-state index in [1.165, 1.54) is 8.61 Å². The van der Waals surface area contributed by atoms with Gasteiger partial charge in [-0.05, 0) is 32.1 Å². The van der Waals surface area contributed by atoms with Crippen LogP contribution in [0.3, 0.4) is 0 Å². The highest BCUT2D eigenvalue weighted by molar-refractivity contribution is 7.86. The Balaban J connectivity index is 2.27. The number of carbonyl (C=O) groups is 1. The molecule has 1 saturated heterocycles. The van der Waals surface area contributed by atoms with Crippen molar-refractivity contribution < 1.29 is 18.3 Å². The molecule has 6 nitrogen and oxygen atoms in total. The number of hydrogen-bond donors (Lipinski definition) is 1. The van der Waals surface area contributed by atoms with Crippen molar-refractivity contribution in [3.63, 3.8) is 0 Å². The van der Waals surface area contributed by atoms with Gasteiger partial charge in [0.2, 0.25) is 0 Å². The zero-order valence-electron chi connectivity index (χ0n) is 12.3. The van der Waals surface area contributed by atoms with Crippen LogP contribution < -0.4 is 0 Å². The molecule has 1 saturated carbocycles. The topological polar surface area (TPSA) is 77.9 Å². The first-order valence-corrected chi connectivity index (χ1v) is 9.00. The van der Waals surface area contributed by atoms with Gasteiger partial charge in [-0.3, -0.25) is 4.79 Å². The van der Waals surface area contributed by atoms with Gasteiger partial charge in [-0.2, -0.15) is 17.0 Å². The molecular formula is C14H24N2O4S. The van der Waals surface area contributed by atoms with E-state index in [0.29, 0.717) is 13.0 Å². The highest BCUT2D eigenvalue weighted by Gasteiger charge is 2.42. The third-order valence-corrected chi connectivity index (χ3v) is 6.44. The van der Waals surface area contributed by atoms with E-state index in [0.717, 1.165) is 38.5 Å². The van der Waals surface area contributed by atoms with E-state index in [1.54, 1.807) is 6.08 Å². The van der Waals surface area contributed by atoms with Crippen LogP contribution in [0, 0.1) is 0 Å². The Morgan fingerprint density at radius 1 is 1.24 bits per heavy atom. The highest BCUT2D eigenvalue weighted by atomic mass is 32.2. The van der Waals surface area contributed by atoms with Crippen molar-refractivity contribution in [2.24, 2.45) is 0 Å². The third-order valence-electron chi connectivity index (χ3n) is 4.37. The molecular weight excluding hydrogens is 292 g/mol. The van der Waals surface area contributed by atoms with E-state index in [4.69, 9.17) is 0 Å². The molecule has 7 heteroatoms. The number of carboxylic acids is 1. The van der Waals surface area contributed by atoms with Gasteiger partial charge in [0.05, 0.1) is 0 Å². The Kier molecular flexibility index (Phi) is 5.40. The summed E-state index contributed by atoms with van der Waals surface area (Å²) in [5.41, 5.74) is 0. The predicted molar refractivity (Wildman–Crippen MR) is 80.1 cm³/mol. The van der Waals surface area contributed by atoms with Crippen LogP contribution in [0.1, 0.15) is 44.9 Å². The quantitative estimate of drug-likeness (QED) is 0.755. The SMILES string of the molecule is C=CCN(C1CCCC1)S(=O)(=O)N1CCCCC1C(=O)O. The number of rotatable bonds is 6. The number of hydrogen-bond acceptors (Lipinski definition) is 3. The molecule has 0 bridgehead atoms. The second-order valence-corrected chi connectivity index (χ2v) is 7.60. The smallest absolute Gasteiger partial charge is 0.322 e. The van der Waals surface area contributed by atoms with Gasteiger partial charge in [0.25, 0.3) is 10.2 Å². The monoisotopic (exact) mass is 316 g/mol. The second-order valence-electron chi connectivity index (χ2n) is 5.76. The van der Waals surface area contributed by atoms with Gasteiger partial charge in [-0.1, -0.05) is 18.9 Å². The summed E-state index contributed by atoms with van der Waals surface area (Å²) < 4.78 is 28.5. The number of aliphatic carboxylic acids is 1. The van der Waals surface area contributed by atoms with Crippen molar-refractivity contribution >= 4 is 16.2 Å². The zero-order chi connectivity index (χ0) is 15.5. The molecule has 1 unspecified atom stereocenters. The van der Waals surface area contributed by atoms with E-state index in [2.05, 4.69) is 6.58 Å². The van der Waals surface area contributed by atoms with E-state index in [1.807, 2.05) is 0 Å². The molecule has 0 aromatic rings. The van der Waals surface area contributed by atoms with Crippen molar-refractivity contribution in [3.8, 4) is 0 Å². The first-order chi connectivity index (χ1) is 9.98. The van der Waals surface area contributed by atoms with Crippen molar-refractivity contribution in [3.05, 3.63) is 12.7 Å². The van der Waals surface area contributed by atoms with Crippen LogP contribution in [0.25, 0.3) is 0 Å². The number of piperidine rings is 1. The molecule has 0 spiro atoms. The summed E-state index contributed by atoms with van der Waals surface area (Å²) in [6, 6.07) is -0.957.